The van der Waals surface area contributed by atoms with Crippen molar-refractivity contribution in [2.75, 3.05) is 0 Å². The first-order valence-electron chi connectivity index (χ1n) is 18.7. The lowest BCUT2D eigenvalue weighted by molar-refractivity contribution is -0.138. The fourth-order valence-corrected chi connectivity index (χ4v) is 6.00. The maximum atomic E-state index is 10.6. The molecule has 0 aromatic heterocycles. The predicted molar refractivity (Wildman–Crippen MR) is 181 cm³/mol. The van der Waals surface area contributed by atoms with Crippen molar-refractivity contribution in [2.45, 2.75) is 219 Å². The Hall–Kier alpha value is -1.32. The van der Waals surface area contributed by atoms with E-state index in [1.54, 1.807) is 5.57 Å². The van der Waals surface area contributed by atoms with E-state index in [4.69, 9.17) is 10.2 Å². The SMILES string of the molecule is CCCCCCCCCCCCC(=CCCCCCCCCCCCC(=O)O)CCCCCCCCCCCC(=O)O. The molecule has 0 aromatic rings. The number of hydrogen-bond donors (Lipinski definition) is 2. The summed E-state index contributed by atoms with van der Waals surface area (Å²) in [6.45, 7) is 2.29. The maximum absolute atomic E-state index is 10.6. The maximum Gasteiger partial charge on any atom is 0.303 e. The summed E-state index contributed by atoms with van der Waals surface area (Å²) in [6, 6.07) is 0. The van der Waals surface area contributed by atoms with Crippen LogP contribution in [0.4, 0.5) is 0 Å². The molecule has 0 aliphatic carbocycles. The smallest absolute Gasteiger partial charge is 0.303 e. The van der Waals surface area contributed by atoms with Crippen LogP contribution >= 0.6 is 0 Å². The summed E-state index contributed by atoms with van der Waals surface area (Å²) >= 11 is 0. The van der Waals surface area contributed by atoms with E-state index < -0.39 is 11.9 Å². The number of carbonyl (C=O) groups is 2. The van der Waals surface area contributed by atoms with E-state index in [-0.39, 0.29) is 0 Å². The summed E-state index contributed by atoms with van der Waals surface area (Å²) in [4.78, 5) is 21.2. The molecule has 0 spiro atoms. The first-order chi connectivity index (χ1) is 20.6. The third-order valence-electron chi connectivity index (χ3n) is 8.77. The Labute approximate surface area is 261 Å². The normalized spacial score (nSPS) is 11.8. The minimum Gasteiger partial charge on any atom is -0.481 e. The van der Waals surface area contributed by atoms with Crippen molar-refractivity contribution in [3.05, 3.63) is 11.6 Å². The highest BCUT2D eigenvalue weighted by molar-refractivity contribution is 5.66. The van der Waals surface area contributed by atoms with Gasteiger partial charge in [0.25, 0.3) is 0 Å². The van der Waals surface area contributed by atoms with Gasteiger partial charge in [-0.05, 0) is 51.4 Å². The first kappa shape index (κ1) is 40.7. The Morgan fingerprint density at radius 2 is 0.643 bits per heavy atom. The Morgan fingerprint density at radius 3 is 0.952 bits per heavy atom. The topological polar surface area (TPSA) is 74.6 Å². The van der Waals surface area contributed by atoms with Gasteiger partial charge in [-0.3, -0.25) is 9.59 Å². The third kappa shape index (κ3) is 34.9. The molecular weight excluding hydrogens is 520 g/mol. The molecule has 0 radical (unpaired) electrons. The van der Waals surface area contributed by atoms with Crippen LogP contribution in [-0.2, 0) is 9.59 Å². The lowest BCUT2D eigenvalue weighted by Crippen LogP contribution is -1.93. The average molecular weight is 593 g/mol. The molecule has 0 bridgehead atoms. The lowest BCUT2D eigenvalue weighted by Gasteiger charge is -2.09. The van der Waals surface area contributed by atoms with Crippen molar-refractivity contribution in [3.63, 3.8) is 0 Å². The van der Waals surface area contributed by atoms with Crippen LogP contribution in [0.25, 0.3) is 0 Å². The number of unbranched alkanes of at least 4 members (excludes halogenated alkanes) is 26. The van der Waals surface area contributed by atoms with Crippen LogP contribution in [0.15, 0.2) is 11.6 Å². The summed E-state index contributed by atoms with van der Waals surface area (Å²) in [7, 11) is 0. The zero-order valence-electron chi connectivity index (χ0n) is 28.1. The van der Waals surface area contributed by atoms with Gasteiger partial charge in [0.2, 0.25) is 0 Å². The van der Waals surface area contributed by atoms with Crippen LogP contribution in [-0.4, -0.2) is 22.2 Å². The summed E-state index contributed by atoms with van der Waals surface area (Å²) in [5, 5.41) is 17.4. The quantitative estimate of drug-likeness (QED) is 0.0567. The Bertz CT molecular complexity index is 612. The summed E-state index contributed by atoms with van der Waals surface area (Å²) < 4.78 is 0. The minimum absolute atomic E-state index is 0.327. The van der Waals surface area contributed by atoms with E-state index in [1.165, 1.54) is 173 Å². The van der Waals surface area contributed by atoms with Crippen LogP contribution in [0.1, 0.15) is 219 Å². The van der Waals surface area contributed by atoms with Crippen molar-refractivity contribution < 1.29 is 19.8 Å². The molecule has 0 aliphatic rings. The summed E-state index contributed by atoms with van der Waals surface area (Å²) in [5.74, 6) is -1.32. The summed E-state index contributed by atoms with van der Waals surface area (Å²) in [6.07, 6.45) is 43.2. The third-order valence-corrected chi connectivity index (χ3v) is 8.77. The fourth-order valence-electron chi connectivity index (χ4n) is 6.00. The molecule has 0 aliphatic heterocycles. The van der Waals surface area contributed by atoms with Gasteiger partial charge < -0.3 is 10.2 Å². The van der Waals surface area contributed by atoms with Crippen LogP contribution in [0.2, 0.25) is 0 Å². The number of hydrogen-bond acceptors (Lipinski definition) is 2. The van der Waals surface area contributed by atoms with Crippen LogP contribution < -0.4 is 0 Å². The number of aliphatic carboxylic acids is 2. The van der Waals surface area contributed by atoms with Crippen LogP contribution in [0.5, 0.6) is 0 Å². The van der Waals surface area contributed by atoms with Crippen molar-refractivity contribution in [3.8, 4) is 0 Å². The van der Waals surface area contributed by atoms with E-state index in [0.29, 0.717) is 12.8 Å². The Kier molecular flexibility index (Phi) is 33.1. The minimum atomic E-state index is -0.662. The molecular formula is C38H72O4. The first-order valence-corrected chi connectivity index (χ1v) is 18.7. The number of carboxylic acids is 2. The van der Waals surface area contributed by atoms with Crippen molar-refractivity contribution in [2.24, 2.45) is 0 Å². The van der Waals surface area contributed by atoms with Gasteiger partial charge in [0.15, 0.2) is 0 Å². The van der Waals surface area contributed by atoms with Gasteiger partial charge in [0, 0.05) is 12.8 Å². The molecule has 0 saturated heterocycles. The highest BCUT2D eigenvalue weighted by Crippen LogP contribution is 2.21. The zero-order valence-corrected chi connectivity index (χ0v) is 28.1. The largest absolute Gasteiger partial charge is 0.481 e. The molecule has 42 heavy (non-hydrogen) atoms. The highest BCUT2D eigenvalue weighted by atomic mass is 16.4. The van der Waals surface area contributed by atoms with E-state index in [9.17, 15) is 9.59 Å². The van der Waals surface area contributed by atoms with E-state index in [1.807, 2.05) is 0 Å². The number of rotatable bonds is 35. The van der Waals surface area contributed by atoms with E-state index >= 15 is 0 Å². The van der Waals surface area contributed by atoms with Gasteiger partial charge in [-0.1, -0.05) is 166 Å². The lowest BCUT2D eigenvalue weighted by atomic mass is 9.97. The fraction of sp³-hybridized carbons (Fsp3) is 0.895. The van der Waals surface area contributed by atoms with Gasteiger partial charge in [0.05, 0.1) is 0 Å². The Balaban J connectivity index is 4.01. The molecule has 4 heteroatoms. The van der Waals surface area contributed by atoms with E-state index in [2.05, 4.69) is 13.0 Å². The number of carboxylic acid groups (broad SMARTS) is 2. The van der Waals surface area contributed by atoms with Gasteiger partial charge in [0.1, 0.15) is 0 Å². The monoisotopic (exact) mass is 593 g/mol. The second-order valence-corrected chi connectivity index (χ2v) is 13.0. The average Bonchev–Trinajstić information content (AvgIpc) is 2.96. The molecule has 0 unspecified atom stereocenters. The van der Waals surface area contributed by atoms with Crippen LogP contribution in [0.3, 0.4) is 0 Å². The van der Waals surface area contributed by atoms with Crippen molar-refractivity contribution in [1.82, 2.24) is 0 Å². The second-order valence-electron chi connectivity index (χ2n) is 13.0. The van der Waals surface area contributed by atoms with Gasteiger partial charge in [-0.25, -0.2) is 0 Å². The molecule has 0 fully saturated rings. The van der Waals surface area contributed by atoms with Crippen LogP contribution in [0, 0.1) is 0 Å². The molecule has 0 saturated carbocycles. The number of allylic oxidation sites excluding steroid dienone is 2. The molecule has 0 heterocycles. The predicted octanol–water partition coefficient (Wildman–Crippen LogP) is 13.0. The molecule has 0 atom stereocenters. The van der Waals surface area contributed by atoms with Gasteiger partial charge >= 0.3 is 11.9 Å². The van der Waals surface area contributed by atoms with Gasteiger partial charge in [-0.15, -0.1) is 0 Å². The van der Waals surface area contributed by atoms with Crippen molar-refractivity contribution >= 4 is 11.9 Å². The van der Waals surface area contributed by atoms with Crippen molar-refractivity contribution in [1.29, 1.82) is 0 Å². The molecule has 248 valence electrons. The molecule has 4 nitrogen and oxygen atoms in total. The highest BCUT2D eigenvalue weighted by Gasteiger charge is 2.02. The molecule has 0 amide bonds. The standard InChI is InChI=1S/C38H72O4/c1-2-3-4-5-6-7-11-16-21-26-31-36(33-28-23-18-13-10-15-20-25-30-35-38(41)42)32-27-22-17-12-8-9-14-19-24-29-34-37(39)40/h32H,2-31,33-35H2,1H3,(H,39,40)(H,41,42). The molecule has 0 aromatic carbocycles. The zero-order chi connectivity index (χ0) is 30.8. The second kappa shape index (κ2) is 34.2. The summed E-state index contributed by atoms with van der Waals surface area (Å²) in [5.41, 5.74) is 1.73. The Morgan fingerprint density at radius 1 is 0.381 bits per heavy atom. The van der Waals surface area contributed by atoms with E-state index in [0.717, 1.165) is 25.7 Å². The molecule has 2 N–H and O–H groups in total. The molecule has 0 rings (SSSR count). The van der Waals surface area contributed by atoms with Gasteiger partial charge in [-0.2, -0.15) is 0 Å².